The number of H-pyrrole nitrogens is 1. The van der Waals surface area contributed by atoms with Gasteiger partial charge in [0.15, 0.2) is 11.2 Å². The first-order chi connectivity index (χ1) is 13.6. The number of allylic oxidation sites excluding steroid dienone is 1. The number of imidazole rings is 1. The summed E-state index contributed by atoms with van der Waals surface area (Å²) in [6, 6.07) is 8.32. The normalized spacial score (nSPS) is 21.7. The van der Waals surface area contributed by atoms with Crippen molar-refractivity contribution in [2.24, 2.45) is 5.92 Å². The van der Waals surface area contributed by atoms with Gasteiger partial charge < -0.3 is 14.8 Å². The number of carbonyl (C=O) groups is 1. The maximum atomic E-state index is 12.4. The minimum atomic E-state index is -0.711. The number of fused-ring (bicyclic) bond motifs is 1. The third kappa shape index (κ3) is 3.32. The van der Waals surface area contributed by atoms with Crippen LogP contribution in [0.25, 0.3) is 11.2 Å². The van der Waals surface area contributed by atoms with Crippen LogP contribution in [-0.2, 0) is 0 Å². The average molecular weight is 381 g/mol. The number of benzene rings is 1. The molecule has 0 aliphatic heterocycles. The molecule has 1 aromatic carbocycles. The fourth-order valence-corrected chi connectivity index (χ4v) is 3.29. The summed E-state index contributed by atoms with van der Waals surface area (Å²) in [5.74, 6) is -0.697. The molecular weight excluding hydrogens is 362 g/mol. The van der Waals surface area contributed by atoms with Gasteiger partial charge in [0.1, 0.15) is 0 Å². The molecule has 3 aromatic rings. The molecule has 2 heterocycles. The van der Waals surface area contributed by atoms with Gasteiger partial charge in [0, 0.05) is 11.5 Å². The average Bonchev–Trinajstić information content (AvgIpc) is 3.13. The number of aliphatic hydroxyl groups is 2. The molecule has 0 saturated carbocycles. The Morgan fingerprint density at radius 2 is 2.07 bits per heavy atom. The second-order valence-corrected chi connectivity index (χ2v) is 6.66. The standard InChI is InChI=1S/C19H19N5O4/c25-9-12-6-7-13(8-14(12)26)24-10-20-15-16(24)21-19(23-18(15)28)22-17(27)11-4-2-1-3-5-11/h1-7,10,12-14,25-26H,8-9H2,(H2,21,22,23,27,28). The molecular formula is C19H19N5O4. The van der Waals surface area contributed by atoms with Gasteiger partial charge in [-0.1, -0.05) is 30.4 Å². The second kappa shape index (κ2) is 7.37. The van der Waals surface area contributed by atoms with Gasteiger partial charge >= 0.3 is 0 Å². The highest BCUT2D eigenvalue weighted by Gasteiger charge is 2.26. The van der Waals surface area contributed by atoms with E-state index >= 15 is 0 Å². The highest BCUT2D eigenvalue weighted by atomic mass is 16.3. The SMILES string of the molecule is O=C(Nc1nc2c(ncn2C2C=CC(CO)C(O)C2)c(=O)[nH]1)c1ccccc1. The van der Waals surface area contributed by atoms with Crippen LogP contribution in [0.2, 0.25) is 0 Å². The fraction of sp³-hybridized carbons (Fsp3) is 0.263. The third-order valence-electron chi connectivity index (χ3n) is 4.83. The summed E-state index contributed by atoms with van der Waals surface area (Å²) in [6.45, 7) is -0.136. The van der Waals surface area contributed by atoms with Crippen molar-refractivity contribution in [2.75, 3.05) is 11.9 Å². The van der Waals surface area contributed by atoms with Crippen LogP contribution in [0.4, 0.5) is 5.95 Å². The number of nitrogens with zero attached hydrogens (tertiary/aromatic N) is 3. The fourth-order valence-electron chi connectivity index (χ4n) is 3.29. The molecule has 144 valence electrons. The summed E-state index contributed by atoms with van der Waals surface area (Å²) < 4.78 is 1.68. The first-order valence-electron chi connectivity index (χ1n) is 8.87. The highest BCUT2D eigenvalue weighted by molar-refractivity contribution is 6.03. The van der Waals surface area contributed by atoms with Crippen LogP contribution >= 0.6 is 0 Å². The van der Waals surface area contributed by atoms with Crippen molar-refractivity contribution >= 4 is 23.0 Å². The maximum absolute atomic E-state index is 12.4. The van der Waals surface area contributed by atoms with Crippen molar-refractivity contribution in [1.82, 2.24) is 19.5 Å². The van der Waals surface area contributed by atoms with Crippen LogP contribution in [0.15, 0.2) is 53.6 Å². The van der Waals surface area contributed by atoms with Crippen LogP contribution in [0.5, 0.6) is 0 Å². The van der Waals surface area contributed by atoms with Gasteiger partial charge in [0.2, 0.25) is 5.95 Å². The molecule has 0 radical (unpaired) electrons. The molecule has 9 heteroatoms. The molecule has 0 spiro atoms. The number of rotatable bonds is 4. The van der Waals surface area contributed by atoms with Gasteiger partial charge in [-0.15, -0.1) is 0 Å². The number of hydrogen-bond donors (Lipinski definition) is 4. The minimum Gasteiger partial charge on any atom is -0.396 e. The Hall–Kier alpha value is -3.30. The van der Waals surface area contributed by atoms with Crippen molar-refractivity contribution in [3.05, 3.63) is 64.7 Å². The van der Waals surface area contributed by atoms with Crippen LogP contribution < -0.4 is 10.9 Å². The van der Waals surface area contributed by atoms with Crippen molar-refractivity contribution < 1.29 is 15.0 Å². The lowest BCUT2D eigenvalue weighted by molar-refractivity contribution is 0.0702. The summed E-state index contributed by atoms with van der Waals surface area (Å²) in [5.41, 5.74) is 0.411. The van der Waals surface area contributed by atoms with E-state index in [0.717, 1.165) is 0 Å². The summed E-state index contributed by atoms with van der Waals surface area (Å²) in [6.07, 6.45) is 4.72. The van der Waals surface area contributed by atoms with E-state index in [0.29, 0.717) is 17.6 Å². The van der Waals surface area contributed by atoms with Crippen molar-refractivity contribution in [2.45, 2.75) is 18.6 Å². The number of aromatic amines is 1. The molecule has 28 heavy (non-hydrogen) atoms. The van der Waals surface area contributed by atoms with Gasteiger partial charge in [0.05, 0.1) is 25.1 Å². The zero-order valence-corrected chi connectivity index (χ0v) is 14.8. The molecule has 1 aliphatic rings. The number of aliphatic hydroxyl groups excluding tert-OH is 2. The van der Waals surface area contributed by atoms with Crippen LogP contribution in [0, 0.1) is 5.92 Å². The van der Waals surface area contributed by atoms with E-state index in [4.69, 9.17) is 0 Å². The van der Waals surface area contributed by atoms with E-state index in [2.05, 4.69) is 20.3 Å². The second-order valence-electron chi connectivity index (χ2n) is 6.66. The molecule has 3 unspecified atom stereocenters. The number of nitrogens with one attached hydrogen (secondary N) is 2. The van der Waals surface area contributed by atoms with E-state index in [-0.39, 0.29) is 30.0 Å². The predicted molar refractivity (Wildman–Crippen MR) is 102 cm³/mol. The first-order valence-corrected chi connectivity index (χ1v) is 8.87. The largest absolute Gasteiger partial charge is 0.396 e. The van der Waals surface area contributed by atoms with Crippen molar-refractivity contribution in [1.29, 1.82) is 0 Å². The van der Waals surface area contributed by atoms with Crippen LogP contribution in [-0.4, -0.2) is 48.4 Å². The van der Waals surface area contributed by atoms with E-state index in [1.54, 1.807) is 41.0 Å². The zero-order chi connectivity index (χ0) is 19.7. The molecule has 1 aliphatic carbocycles. The summed E-state index contributed by atoms with van der Waals surface area (Å²) in [5, 5.41) is 22.0. The van der Waals surface area contributed by atoms with Gasteiger partial charge in [0.25, 0.3) is 11.5 Å². The van der Waals surface area contributed by atoms with Crippen molar-refractivity contribution in [3.63, 3.8) is 0 Å². The molecule has 2 aromatic heterocycles. The summed E-state index contributed by atoms with van der Waals surface area (Å²) in [7, 11) is 0. The first kappa shape index (κ1) is 18.1. The lowest BCUT2D eigenvalue weighted by Crippen LogP contribution is -2.29. The monoisotopic (exact) mass is 381 g/mol. The van der Waals surface area contributed by atoms with E-state index in [1.807, 2.05) is 6.08 Å². The van der Waals surface area contributed by atoms with Crippen molar-refractivity contribution in [3.8, 4) is 0 Å². The Morgan fingerprint density at radius 3 is 2.79 bits per heavy atom. The molecule has 3 atom stereocenters. The summed E-state index contributed by atoms with van der Waals surface area (Å²) in [4.78, 5) is 35.7. The molecule has 0 bridgehead atoms. The highest BCUT2D eigenvalue weighted by Crippen LogP contribution is 2.28. The molecule has 1 amide bonds. The number of aromatic nitrogens is 4. The maximum Gasteiger partial charge on any atom is 0.280 e. The number of amides is 1. The predicted octanol–water partition coefficient (Wildman–Crippen LogP) is 0.842. The molecule has 0 fully saturated rings. The minimum absolute atomic E-state index is 0.0154. The van der Waals surface area contributed by atoms with Gasteiger partial charge in [-0.05, 0) is 18.6 Å². The van der Waals surface area contributed by atoms with Crippen LogP contribution in [0.3, 0.4) is 0 Å². The number of hydrogen-bond acceptors (Lipinski definition) is 6. The van der Waals surface area contributed by atoms with Crippen LogP contribution in [0.1, 0.15) is 22.8 Å². The molecule has 4 N–H and O–H groups in total. The number of anilines is 1. The quantitative estimate of drug-likeness (QED) is 0.495. The van der Waals surface area contributed by atoms with Gasteiger partial charge in [-0.3, -0.25) is 19.9 Å². The Morgan fingerprint density at radius 1 is 1.29 bits per heavy atom. The number of carbonyl (C=O) groups excluding carboxylic acids is 1. The van der Waals surface area contributed by atoms with Gasteiger partial charge in [-0.2, -0.15) is 4.98 Å². The molecule has 4 rings (SSSR count). The summed E-state index contributed by atoms with van der Waals surface area (Å²) >= 11 is 0. The van der Waals surface area contributed by atoms with E-state index in [9.17, 15) is 19.8 Å². The Kier molecular flexibility index (Phi) is 4.76. The van der Waals surface area contributed by atoms with E-state index in [1.165, 1.54) is 6.33 Å². The smallest absolute Gasteiger partial charge is 0.280 e. The van der Waals surface area contributed by atoms with E-state index < -0.39 is 17.6 Å². The Labute approximate surface area is 159 Å². The zero-order valence-electron chi connectivity index (χ0n) is 14.8. The Bertz CT molecular complexity index is 1090. The van der Waals surface area contributed by atoms with Gasteiger partial charge in [-0.25, -0.2) is 4.98 Å². The Balaban J connectivity index is 1.67. The topological polar surface area (TPSA) is 133 Å². The molecule has 0 saturated heterocycles. The lowest BCUT2D eigenvalue weighted by atomic mass is 9.90. The third-order valence-corrected chi connectivity index (χ3v) is 4.83. The lowest BCUT2D eigenvalue weighted by Gasteiger charge is -2.27. The molecule has 9 nitrogen and oxygen atoms in total.